The summed E-state index contributed by atoms with van der Waals surface area (Å²) < 4.78 is 5.70. The molecule has 1 unspecified atom stereocenters. The number of morpholine rings is 1. The molecule has 0 aliphatic carbocycles. The zero-order chi connectivity index (χ0) is 21.3. The van der Waals surface area contributed by atoms with Gasteiger partial charge in [-0.2, -0.15) is 5.06 Å². The first-order chi connectivity index (χ1) is 14.6. The van der Waals surface area contributed by atoms with Crippen LogP contribution in [0.1, 0.15) is 18.1 Å². The third-order valence-electron chi connectivity index (χ3n) is 4.91. The number of aryl methyl sites for hydroxylation is 1. The normalized spacial score (nSPS) is 16.2. The van der Waals surface area contributed by atoms with Crippen molar-refractivity contribution < 1.29 is 19.2 Å². The van der Waals surface area contributed by atoms with Crippen molar-refractivity contribution in [1.82, 2.24) is 10.2 Å². The molecule has 1 aliphatic rings. The predicted molar refractivity (Wildman–Crippen MR) is 115 cm³/mol. The molecule has 1 fully saturated rings. The van der Waals surface area contributed by atoms with E-state index in [-0.39, 0.29) is 18.7 Å². The Labute approximate surface area is 181 Å². The second kappa shape index (κ2) is 11.0. The van der Waals surface area contributed by atoms with Gasteiger partial charge in [-0.25, -0.2) is 4.79 Å². The molecule has 7 nitrogen and oxygen atoms in total. The minimum Gasteiger partial charge on any atom is -0.372 e. The van der Waals surface area contributed by atoms with Gasteiger partial charge in [0.2, 0.25) is 6.41 Å². The number of benzene rings is 2. The van der Waals surface area contributed by atoms with Crippen LogP contribution in [-0.2, 0) is 27.3 Å². The Balaban J connectivity index is 1.49. The van der Waals surface area contributed by atoms with Gasteiger partial charge in [-0.1, -0.05) is 48.9 Å². The van der Waals surface area contributed by atoms with Gasteiger partial charge in [0.05, 0.1) is 18.8 Å². The van der Waals surface area contributed by atoms with Gasteiger partial charge in [0.15, 0.2) is 0 Å². The lowest BCUT2D eigenvalue weighted by atomic mass is 10.1. The van der Waals surface area contributed by atoms with E-state index in [2.05, 4.69) is 12.2 Å². The smallest absolute Gasteiger partial charge is 0.317 e. The Morgan fingerprint density at radius 1 is 1.30 bits per heavy atom. The molecular weight excluding hydrogens is 406 g/mol. The summed E-state index contributed by atoms with van der Waals surface area (Å²) in [6, 6.07) is 14.8. The van der Waals surface area contributed by atoms with E-state index >= 15 is 0 Å². The highest BCUT2D eigenvalue weighted by atomic mass is 35.5. The molecular formula is C22H26ClN3O4. The number of hydrogen-bond donors (Lipinski definition) is 1. The maximum absolute atomic E-state index is 12.5. The van der Waals surface area contributed by atoms with Crippen LogP contribution in [0.2, 0.25) is 5.02 Å². The van der Waals surface area contributed by atoms with E-state index in [0.717, 1.165) is 12.0 Å². The number of amides is 3. The van der Waals surface area contributed by atoms with E-state index in [1.807, 2.05) is 42.5 Å². The van der Waals surface area contributed by atoms with Crippen molar-refractivity contribution in [2.75, 3.05) is 31.4 Å². The molecule has 0 radical (unpaired) electrons. The third kappa shape index (κ3) is 5.95. The first-order valence-electron chi connectivity index (χ1n) is 9.95. The number of carbonyl (C=O) groups is 2. The second-order valence-electron chi connectivity index (χ2n) is 6.94. The number of urea groups is 1. The summed E-state index contributed by atoms with van der Waals surface area (Å²) in [6.07, 6.45) is 1.21. The van der Waals surface area contributed by atoms with Gasteiger partial charge in [-0.3, -0.25) is 9.63 Å². The lowest BCUT2D eigenvalue weighted by Crippen LogP contribution is -2.51. The second-order valence-corrected chi connectivity index (χ2v) is 7.34. The molecule has 3 amide bonds. The molecule has 1 heterocycles. The molecule has 30 heavy (non-hydrogen) atoms. The standard InChI is InChI=1S/C22H26ClN3O4/c1-2-17-7-9-19(10-8-17)26(16-27)30-15-20-14-25(11-12-29-20)22(28)24-13-18-5-3-4-6-21(18)23/h3-10,16,20H,2,11-15H2,1H3,(H,24,28). The number of hydrogen-bond acceptors (Lipinski definition) is 4. The van der Waals surface area contributed by atoms with Gasteiger partial charge in [0.25, 0.3) is 0 Å². The van der Waals surface area contributed by atoms with Crippen molar-refractivity contribution in [3.8, 4) is 0 Å². The van der Waals surface area contributed by atoms with Crippen LogP contribution in [0.25, 0.3) is 0 Å². The third-order valence-corrected chi connectivity index (χ3v) is 5.28. The van der Waals surface area contributed by atoms with E-state index in [0.29, 0.717) is 43.4 Å². The van der Waals surface area contributed by atoms with Crippen LogP contribution >= 0.6 is 11.6 Å². The summed E-state index contributed by atoms with van der Waals surface area (Å²) in [5.74, 6) is 0. The van der Waals surface area contributed by atoms with Gasteiger partial charge in [0, 0.05) is 18.1 Å². The SMILES string of the molecule is CCc1ccc(N(C=O)OCC2CN(C(=O)NCc3ccccc3Cl)CCO2)cc1. The van der Waals surface area contributed by atoms with Crippen LogP contribution in [-0.4, -0.2) is 49.7 Å². The van der Waals surface area contributed by atoms with E-state index < -0.39 is 0 Å². The zero-order valence-electron chi connectivity index (χ0n) is 16.9. The van der Waals surface area contributed by atoms with Gasteiger partial charge in [-0.05, 0) is 35.7 Å². The van der Waals surface area contributed by atoms with Gasteiger partial charge < -0.3 is 15.0 Å². The Morgan fingerprint density at radius 2 is 2.07 bits per heavy atom. The highest BCUT2D eigenvalue weighted by Gasteiger charge is 2.25. The van der Waals surface area contributed by atoms with E-state index in [1.54, 1.807) is 11.0 Å². The molecule has 2 aromatic carbocycles. The number of ether oxygens (including phenoxy) is 1. The van der Waals surface area contributed by atoms with Gasteiger partial charge in [0.1, 0.15) is 12.7 Å². The van der Waals surface area contributed by atoms with Crippen LogP contribution in [0.4, 0.5) is 10.5 Å². The number of anilines is 1. The van der Waals surface area contributed by atoms with Crippen molar-refractivity contribution in [2.24, 2.45) is 0 Å². The maximum atomic E-state index is 12.5. The Kier molecular flexibility index (Phi) is 8.07. The number of rotatable bonds is 8. The van der Waals surface area contributed by atoms with Crippen LogP contribution in [0.3, 0.4) is 0 Å². The van der Waals surface area contributed by atoms with Gasteiger partial charge >= 0.3 is 6.03 Å². The molecule has 1 atom stereocenters. The monoisotopic (exact) mass is 431 g/mol. The molecule has 3 rings (SSSR count). The number of halogens is 1. The molecule has 160 valence electrons. The lowest BCUT2D eigenvalue weighted by molar-refractivity contribution is -0.117. The Morgan fingerprint density at radius 3 is 2.77 bits per heavy atom. The first-order valence-corrected chi connectivity index (χ1v) is 10.3. The Hall–Kier alpha value is -2.61. The Bertz CT molecular complexity index is 847. The van der Waals surface area contributed by atoms with Crippen LogP contribution in [0.15, 0.2) is 48.5 Å². The fraction of sp³-hybridized carbons (Fsp3) is 0.364. The fourth-order valence-electron chi connectivity index (χ4n) is 3.14. The molecule has 1 N–H and O–H groups in total. The first kappa shape index (κ1) is 22.1. The lowest BCUT2D eigenvalue weighted by Gasteiger charge is -2.33. The molecule has 0 spiro atoms. The quantitative estimate of drug-likeness (QED) is 0.513. The molecule has 1 aliphatic heterocycles. The highest BCUT2D eigenvalue weighted by Crippen LogP contribution is 2.17. The van der Waals surface area contributed by atoms with Crippen molar-refractivity contribution >= 4 is 29.7 Å². The van der Waals surface area contributed by atoms with Crippen molar-refractivity contribution in [2.45, 2.75) is 26.0 Å². The van der Waals surface area contributed by atoms with Crippen molar-refractivity contribution in [3.63, 3.8) is 0 Å². The minimum atomic E-state index is -0.331. The minimum absolute atomic E-state index is 0.155. The van der Waals surface area contributed by atoms with Crippen LogP contribution in [0.5, 0.6) is 0 Å². The molecule has 0 saturated carbocycles. The summed E-state index contributed by atoms with van der Waals surface area (Å²) in [7, 11) is 0. The summed E-state index contributed by atoms with van der Waals surface area (Å²) in [5, 5.41) is 4.68. The largest absolute Gasteiger partial charge is 0.372 e. The van der Waals surface area contributed by atoms with E-state index in [9.17, 15) is 9.59 Å². The summed E-state index contributed by atoms with van der Waals surface area (Å²) in [6.45, 7) is 3.84. The van der Waals surface area contributed by atoms with Crippen LogP contribution in [0, 0.1) is 0 Å². The number of carbonyl (C=O) groups excluding carboxylic acids is 2. The maximum Gasteiger partial charge on any atom is 0.317 e. The zero-order valence-corrected chi connectivity index (χ0v) is 17.7. The average Bonchev–Trinajstić information content (AvgIpc) is 2.79. The van der Waals surface area contributed by atoms with E-state index in [4.69, 9.17) is 21.2 Å². The predicted octanol–water partition coefficient (Wildman–Crippen LogP) is 3.41. The summed E-state index contributed by atoms with van der Waals surface area (Å²) in [5.41, 5.74) is 2.68. The summed E-state index contributed by atoms with van der Waals surface area (Å²) >= 11 is 6.13. The number of hydroxylamine groups is 1. The fourth-order valence-corrected chi connectivity index (χ4v) is 3.34. The van der Waals surface area contributed by atoms with Crippen LogP contribution < -0.4 is 10.4 Å². The molecule has 8 heteroatoms. The summed E-state index contributed by atoms with van der Waals surface area (Å²) in [4.78, 5) is 31.2. The number of nitrogens with zero attached hydrogens (tertiary/aromatic N) is 2. The molecule has 0 aromatic heterocycles. The molecule has 1 saturated heterocycles. The average molecular weight is 432 g/mol. The molecule has 2 aromatic rings. The molecule has 0 bridgehead atoms. The highest BCUT2D eigenvalue weighted by molar-refractivity contribution is 6.31. The van der Waals surface area contributed by atoms with Crippen molar-refractivity contribution in [3.05, 3.63) is 64.7 Å². The topological polar surface area (TPSA) is 71.1 Å². The van der Waals surface area contributed by atoms with Crippen molar-refractivity contribution in [1.29, 1.82) is 0 Å². The van der Waals surface area contributed by atoms with E-state index in [1.165, 1.54) is 10.6 Å². The van der Waals surface area contributed by atoms with Gasteiger partial charge in [-0.15, -0.1) is 0 Å². The number of nitrogens with one attached hydrogen (secondary N) is 1.